The minimum Gasteiger partial charge on any atom is -1.00 e. The van der Waals surface area contributed by atoms with Gasteiger partial charge in [0.1, 0.15) is 11.9 Å². The van der Waals surface area contributed by atoms with Crippen molar-refractivity contribution in [3.63, 3.8) is 0 Å². The van der Waals surface area contributed by atoms with E-state index in [0.29, 0.717) is 12.8 Å². The number of esters is 1. The average molecular weight is 732 g/mol. The number of aromatic nitrogens is 2. The number of aliphatic hydroxyl groups is 1. The molecule has 0 spiro atoms. The Morgan fingerprint density at radius 3 is 2.67 bits per heavy atom. The van der Waals surface area contributed by atoms with Crippen LogP contribution in [-0.2, 0) is 20.9 Å². The van der Waals surface area contributed by atoms with E-state index in [0.717, 1.165) is 41.4 Å². The molecule has 8 atom stereocenters. The van der Waals surface area contributed by atoms with E-state index >= 15 is 0 Å². The molecule has 2 bridgehead atoms. The molecule has 0 aromatic carbocycles. The molecule has 0 unspecified atom stereocenters. The molecule has 0 saturated heterocycles. The van der Waals surface area contributed by atoms with Gasteiger partial charge < -0.3 is 26.8 Å². The topological polar surface area (TPSA) is 80.4 Å². The quantitative estimate of drug-likeness (QED) is 0.162. The molecule has 3 aromatic heterocycles. The number of thiazole rings is 1. The summed E-state index contributed by atoms with van der Waals surface area (Å²) in [6.07, 6.45) is 8.46. The summed E-state index contributed by atoms with van der Waals surface area (Å²) in [4.78, 5) is 31.9. The van der Waals surface area contributed by atoms with E-state index in [1.165, 1.54) is 28.7 Å². The van der Waals surface area contributed by atoms with Gasteiger partial charge >= 0.3 is 5.97 Å². The number of ether oxygens (including phenoxy) is 1. The van der Waals surface area contributed by atoms with Gasteiger partial charge in [-0.15, -0.1) is 17.9 Å². The van der Waals surface area contributed by atoms with Gasteiger partial charge in [0, 0.05) is 57.2 Å². The van der Waals surface area contributed by atoms with Crippen molar-refractivity contribution < 1.29 is 41.0 Å². The van der Waals surface area contributed by atoms with Crippen molar-refractivity contribution in [2.75, 3.05) is 5.75 Å². The predicted octanol–water partition coefficient (Wildman–Crippen LogP) is 4.21. The Balaban J connectivity index is 0.00000400. The number of pyridine rings is 1. The number of ketones is 1. The number of thiophene rings is 1. The molecule has 45 heavy (non-hydrogen) atoms. The first-order valence-electron chi connectivity index (χ1n) is 15.6. The van der Waals surface area contributed by atoms with Crippen LogP contribution in [0.5, 0.6) is 0 Å². The molecule has 3 aromatic rings. The molecule has 3 saturated carbocycles. The molecule has 0 amide bonds. The van der Waals surface area contributed by atoms with Crippen molar-refractivity contribution in [2.24, 2.45) is 34.0 Å². The molecule has 0 aliphatic heterocycles. The van der Waals surface area contributed by atoms with Crippen LogP contribution in [0.15, 0.2) is 63.7 Å². The smallest absolute Gasteiger partial charge is 0.316 e. The summed E-state index contributed by atoms with van der Waals surface area (Å²) in [6, 6.07) is 6.28. The molecular formula is C35H43BrN2O4S3. The highest BCUT2D eigenvalue weighted by molar-refractivity contribution is 8.01. The minimum absolute atomic E-state index is 0. The molecule has 6 rings (SSSR count). The van der Waals surface area contributed by atoms with Crippen LogP contribution in [0, 0.1) is 34.0 Å². The Kier molecular flexibility index (Phi) is 10.2. The second kappa shape index (κ2) is 13.3. The molecule has 3 heterocycles. The maximum absolute atomic E-state index is 13.6. The third-order valence-corrected chi connectivity index (χ3v) is 14.2. The normalized spacial score (nSPS) is 34.2. The third-order valence-electron chi connectivity index (χ3n) is 11.5. The van der Waals surface area contributed by atoms with Crippen molar-refractivity contribution in [1.29, 1.82) is 0 Å². The number of nitrogens with zero attached hydrogens (tertiary/aromatic N) is 2. The summed E-state index contributed by atoms with van der Waals surface area (Å²) in [5.41, 5.74) is 1.78. The van der Waals surface area contributed by atoms with E-state index in [9.17, 15) is 14.7 Å². The van der Waals surface area contributed by atoms with Crippen LogP contribution in [0.2, 0.25) is 0 Å². The number of carbonyl (C=O) groups excluding carboxylic acids is 2. The number of hydrogen-bond donors (Lipinski definition) is 1. The van der Waals surface area contributed by atoms with Crippen molar-refractivity contribution in [3.05, 3.63) is 65.0 Å². The Morgan fingerprint density at radius 1 is 1.22 bits per heavy atom. The molecule has 0 radical (unpaired) electrons. The number of aliphatic hydroxyl groups excluding tert-OH is 1. The largest absolute Gasteiger partial charge is 1.00 e. The number of carbonyl (C=O) groups is 2. The van der Waals surface area contributed by atoms with Gasteiger partial charge in [0.2, 0.25) is 0 Å². The van der Waals surface area contributed by atoms with Gasteiger partial charge in [-0.2, -0.15) is 11.3 Å². The first-order valence-corrected chi connectivity index (χ1v) is 18.4. The molecule has 1 N–H and O–H groups in total. The maximum Gasteiger partial charge on any atom is 0.316 e. The fourth-order valence-electron chi connectivity index (χ4n) is 8.60. The monoisotopic (exact) mass is 730 g/mol. The lowest BCUT2D eigenvalue weighted by molar-refractivity contribution is -0.688. The van der Waals surface area contributed by atoms with Crippen molar-refractivity contribution >= 4 is 46.2 Å². The lowest BCUT2D eigenvalue weighted by Gasteiger charge is -2.61. The van der Waals surface area contributed by atoms with E-state index in [1.807, 2.05) is 18.4 Å². The number of thioether (sulfide) groups is 1. The first-order chi connectivity index (χ1) is 21.0. The van der Waals surface area contributed by atoms with Crippen LogP contribution in [0.25, 0.3) is 11.3 Å². The molecule has 242 valence electrons. The minimum atomic E-state index is -0.668. The molecule has 3 aliphatic rings. The maximum atomic E-state index is 13.6. The van der Waals surface area contributed by atoms with E-state index in [-0.39, 0.29) is 57.7 Å². The van der Waals surface area contributed by atoms with Crippen LogP contribution in [-0.4, -0.2) is 39.8 Å². The Morgan fingerprint density at radius 2 is 1.98 bits per heavy atom. The molecule has 3 aliphatic carbocycles. The van der Waals surface area contributed by atoms with Crippen molar-refractivity contribution in [2.45, 2.75) is 82.9 Å². The van der Waals surface area contributed by atoms with Crippen molar-refractivity contribution in [1.82, 2.24) is 4.98 Å². The SMILES string of the molecule is C=C[C@]1(C)C[C@@H](OC(=O)CSc2nc(-c3cc[n+](Cc4ccsc4)cc3)cs2)[C@]2(C)[C@H](C)CC[C@]3(CCC(=O)[C@H]32)[C@@H](C)[C@@H]1O.[Br-]. The fourth-order valence-corrected chi connectivity index (χ4v) is 10.9. The highest BCUT2D eigenvalue weighted by Crippen LogP contribution is 2.68. The zero-order valence-electron chi connectivity index (χ0n) is 26.4. The predicted molar refractivity (Wildman–Crippen MR) is 177 cm³/mol. The van der Waals surface area contributed by atoms with Crippen LogP contribution >= 0.6 is 34.4 Å². The number of halogens is 1. The van der Waals surface area contributed by atoms with E-state index in [1.54, 1.807) is 11.3 Å². The average Bonchev–Trinajstić information content (AvgIpc) is 3.78. The highest BCUT2D eigenvalue weighted by Gasteiger charge is 2.68. The van der Waals surface area contributed by atoms with Crippen LogP contribution in [0.3, 0.4) is 0 Å². The van der Waals surface area contributed by atoms with E-state index < -0.39 is 23.0 Å². The van der Waals surface area contributed by atoms with Gasteiger partial charge in [0.15, 0.2) is 23.3 Å². The van der Waals surface area contributed by atoms with Crippen LogP contribution in [0.1, 0.15) is 65.4 Å². The second-order valence-corrected chi connectivity index (χ2v) is 16.6. The Bertz CT molecular complexity index is 1530. The lowest BCUT2D eigenvalue weighted by Crippen LogP contribution is -3.00. The van der Waals surface area contributed by atoms with Gasteiger partial charge in [-0.05, 0) is 54.4 Å². The zero-order valence-corrected chi connectivity index (χ0v) is 30.4. The first kappa shape index (κ1) is 34.5. The van der Waals surface area contributed by atoms with E-state index in [2.05, 4.69) is 73.3 Å². The lowest BCUT2D eigenvalue weighted by atomic mass is 9.44. The Hall–Kier alpha value is -1.85. The van der Waals surface area contributed by atoms with Crippen molar-refractivity contribution in [3.8, 4) is 11.3 Å². The molecule has 10 heteroatoms. The molecule has 3 fully saturated rings. The number of rotatable bonds is 8. The van der Waals surface area contributed by atoms with Gasteiger partial charge in [0.25, 0.3) is 0 Å². The summed E-state index contributed by atoms with van der Waals surface area (Å²) in [6.45, 7) is 13.5. The zero-order chi connectivity index (χ0) is 31.3. The van der Waals surface area contributed by atoms with Gasteiger partial charge in [-0.3, -0.25) is 9.59 Å². The summed E-state index contributed by atoms with van der Waals surface area (Å²) in [7, 11) is 0. The summed E-state index contributed by atoms with van der Waals surface area (Å²) in [5.74, 6) is 0.0346. The molecule has 6 nitrogen and oxygen atoms in total. The third kappa shape index (κ3) is 6.15. The standard InChI is InChI=1S/C35H43N2O4S3.BrH/c1-6-33(4)17-28(34(5)22(2)7-12-35(23(3)31(33)40)13-8-27(38)30(34)35)41-29(39)21-44-32-36-26(20-43-32)25-9-14-37(15-10-25)18-24-11-16-42-19-24;/h6,9-11,14-16,19-20,22-23,28,30-31,40H,1,7-8,12-13,17-18,21H2,2-5H3;1H/q+1;/p-1/t22-,23+,28-,30+,31+,33-,34+,35+;/m1./s1. The number of Topliss-reactive ketones (excluding diaryl/α,β-unsaturated/α-hetero) is 1. The van der Waals surface area contributed by atoms with Gasteiger partial charge in [-0.1, -0.05) is 45.5 Å². The second-order valence-electron chi connectivity index (χ2n) is 13.7. The van der Waals surface area contributed by atoms with Crippen LogP contribution in [0.4, 0.5) is 0 Å². The summed E-state index contributed by atoms with van der Waals surface area (Å²) >= 11 is 4.62. The summed E-state index contributed by atoms with van der Waals surface area (Å²) in [5, 5.41) is 18.0. The molecular weight excluding hydrogens is 689 g/mol. The van der Waals surface area contributed by atoms with Gasteiger partial charge in [-0.25, -0.2) is 9.55 Å². The van der Waals surface area contributed by atoms with E-state index in [4.69, 9.17) is 9.72 Å². The fraction of sp³-hybridized carbons (Fsp3) is 0.543. The highest BCUT2D eigenvalue weighted by atomic mass is 79.9. The summed E-state index contributed by atoms with van der Waals surface area (Å²) < 4.78 is 9.35. The number of hydrogen-bond acceptors (Lipinski definition) is 8. The van der Waals surface area contributed by atoms with Gasteiger partial charge in [0.05, 0.1) is 17.6 Å². The Labute approximate surface area is 289 Å². The van der Waals surface area contributed by atoms with Crippen LogP contribution < -0.4 is 21.5 Å².